The molecule has 0 N–H and O–H groups in total. The summed E-state index contributed by atoms with van der Waals surface area (Å²) in [6.45, 7) is 4.77. The normalized spacial score (nSPS) is 10.4. The topological polar surface area (TPSA) is 0 Å². The molecule has 0 saturated carbocycles. The van der Waals surface area contributed by atoms with E-state index >= 15 is 0 Å². The summed E-state index contributed by atoms with van der Waals surface area (Å²) in [5.74, 6) is 0. The van der Waals surface area contributed by atoms with Gasteiger partial charge in [0, 0.05) is 0 Å². The maximum absolute atomic E-state index is 2.36. The van der Waals surface area contributed by atoms with Crippen molar-refractivity contribution in [1.29, 1.82) is 0 Å². The zero-order chi connectivity index (χ0) is 18.9. The van der Waals surface area contributed by atoms with Gasteiger partial charge in [-0.15, -0.1) is 5.56 Å². The van der Waals surface area contributed by atoms with E-state index in [4.69, 9.17) is 0 Å². The quantitative estimate of drug-likeness (QED) is 0.169. The van der Waals surface area contributed by atoms with Crippen LogP contribution in [0.2, 0.25) is 0 Å². The third-order valence-corrected chi connectivity index (χ3v) is 5.01. The zero-order valence-corrected chi connectivity index (χ0v) is 21.1. The Bertz CT molecular complexity index is 473. The number of hydrogen-bond donors (Lipinski definition) is 0. The fourth-order valence-electron chi connectivity index (χ4n) is 3.44. The van der Waals surface area contributed by atoms with Gasteiger partial charge < -0.3 is 21.5 Å². The maximum atomic E-state index is 2.36. The molecule has 0 atom stereocenters. The van der Waals surface area contributed by atoms with E-state index in [-0.39, 0.29) is 34.1 Å². The molecule has 0 heterocycles. The minimum atomic E-state index is 0. The molecule has 3 heteroatoms. The molecule has 162 valence electrons. The van der Waals surface area contributed by atoms with Crippen LogP contribution in [0.15, 0.2) is 54.6 Å². The predicted octanol–water partition coefficient (Wildman–Crippen LogP) is 4.31. The number of quaternary nitrogens is 1. The molecule has 2 aromatic rings. The minimum absolute atomic E-state index is 0. The van der Waals surface area contributed by atoms with Crippen molar-refractivity contribution in [2.45, 2.75) is 77.7 Å². The molecule has 2 aromatic carbocycles. The number of unbranched alkanes of at least 4 members (excludes halogenated alkanes) is 9. The Hall–Kier alpha value is -0.341. The summed E-state index contributed by atoms with van der Waals surface area (Å²) < 4.78 is 1.13. The van der Waals surface area contributed by atoms with Crippen molar-refractivity contribution >= 4 is 0 Å². The van der Waals surface area contributed by atoms with Crippen molar-refractivity contribution in [1.82, 2.24) is 0 Å². The predicted molar refractivity (Wildman–Crippen MR) is 117 cm³/mol. The van der Waals surface area contributed by atoms with Crippen LogP contribution >= 0.6 is 0 Å². The average molecular weight is 492 g/mol. The summed E-state index contributed by atoms with van der Waals surface area (Å²) in [7, 11) is 4.72. The number of rotatable bonds is 13. The van der Waals surface area contributed by atoms with Crippen molar-refractivity contribution in [3.8, 4) is 0 Å². The van der Waals surface area contributed by atoms with Crippen molar-refractivity contribution in [3.05, 3.63) is 60.2 Å². The smallest absolute Gasteiger partial charge is 1.00 e. The van der Waals surface area contributed by atoms with E-state index in [1.165, 1.54) is 82.9 Å². The van der Waals surface area contributed by atoms with Crippen LogP contribution in [-0.4, -0.2) is 25.1 Å². The van der Waals surface area contributed by atoms with E-state index < -0.39 is 0 Å². The van der Waals surface area contributed by atoms with Crippen LogP contribution in [0, 0.1) is 0 Å². The Labute approximate surface area is 196 Å². The third kappa shape index (κ3) is 17.7. The molecule has 0 unspecified atom stereocenters. The summed E-state index contributed by atoms with van der Waals surface area (Å²) in [6.07, 6.45) is 14.3. The Balaban J connectivity index is 0. The molecular formula is C25H42BrFeN. The first-order valence-corrected chi connectivity index (χ1v) is 10.8. The number of hydrogen-bond acceptors (Lipinski definition) is 0. The Morgan fingerprint density at radius 1 is 0.750 bits per heavy atom. The van der Waals surface area contributed by atoms with E-state index in [0.29, 0.717) is 0 Å². The van der Waals surface area contributed by atoms with Gasteiger partial charge in [0.2, 0.25) is 0 Å². The molecule has 0 aliphatic heterocycles. The molecule has 28 heavy (non-hydrogen) atoms. The molecule has 1 nitrogen and oxygen atoms in total. The molecule has 0 aromatic heterocycles. The van der Waals surface area contributed by atoms with Crippen molar-refractivity contribution in [2.75, 3.05) is 20.6 Å². The second-order valence-electron chi connectivity index (χ2n) is 8.25. The first kappa shape index (κ1) is 29.9. The molecule has 0 aliphatic carbocycles. The van der Waals surface area contributed by atoms with Gasteiger partial charge >= 0.3 is 17.1 Å². The van der Waals surface area contributed by atoms with Crippen LogP contribution in [0.25, 0.3) is 0 Å². The molecule has 0 radical (unpaired) electrons. The Morgan fingerprint density at radius 3 is 1.71 bits per heavy atom. The van der Waals surface area contributed by atoms with Gasteiger partial charge in [0.15, 0.2) is 0 Å². The van der Waals surface area contributed by atoms with E-state index in [9.17, 15) is 0 Å². The molecule has 0 aliphatic rings. The van der Waals surface area contributed by atoms with Gasteiger partial charge in [-0.25, -0.2) is 24.3 Å². The van der Waals surface area contributed by atoms with Crippen molar-refractivity contribution < 1.29 is 38.5 Å². The van der Waals surface area contributed by atoms with E-state index in [1.54, 1.807) is 0 Å². The molecule has 0 saturated heterocycles. The van der Waals surface area contributed by atoms with E-state index in [1.807, 2.05) is 30.3 Å². The first-order valence-electron chi connectivity index (χ1n) is 10.8. The SMILES string of the molecule is CCCCCCCCCCCC[N+](C)(C)Cc1ccc[cH-]1.[Br-].[Fe+2].c1cc[cH-]c1. The van der Waals surface area contributed by atoms with Crippen LogP contribution in [0.3, 0.4) is 0 Å². The molecular weight excluding hydrogens is 450 g/mol. The molecule has 0 amide bonds. The standard InChI is InChI=1S/C20H37N.C5H5.BrH.Fe/c1-4-5-6-7-8-9-10-11-12-15-18-21(2,3)19-20-16-13-14-17-20;1-2-4-5-3-1;;/h13-14,16-17H,4-12,15,18-19H2,1-3H3;1-5H;1H;/q;-1;;+2/p-1. The molecule has 0 fully saturated rings. The second-order valence-corrected chi connectivity index (χ2v) is 8.25. The van der Waals surface area contributed by atoms with Crippen LogP contribution in [0.5, 0.6) is 0 Å². The summed E-state index contributed by atoms with van der Waals surface area (Å²) in [6, 6.07) is 18.8. The average Bonchev–Trinajstić information content (AvgIpc) is 3.32. The molecule has 0 spiro atoms. The maximum Gasteiger partial charge on any atom is 2.00 e. The van der Waals surface area contributed by atoms with Gasteiger partial charge in [-0.2, -0.15) is 30.3 Å². The molecule has 0 bridgehead atoms. The van der Waals surface area contributed by atoms with Crippen LogP contribution in [0.1, 0.15) is 76.7 Å². The van der Waals surface area contributed by atoms with Gasteiger partial charge in [-0.3, -0.25) is 0 Å². The van der Waals surface area contributed by atoms with Gasteiger partial charge in [0.25, 0.3) is 0 Å². The monoisotopic (exact) mass is 491 g/mol. The van der Waals surface area contributed by atoms with E-state index in [0.717, 1.165) is 4.48 Å². The summed E-state index contributed by atoms with van der Waals surface area (Å²) >= 11 is 0. The van der Waals surface area contributed by atoms with E-state index in [2.05, 4.69) is 45.3 Å². The van der Waals surface area contributed by atoms with Crippen molar-refractivity contribution in [3.63, 3.8) is 0 Å². The van der Waals surface area contributed by atoms with Gasteiger partial charge in [0.1, 0.15) is 0 Å². The summed E-state index contributed by atoms with van der Waals surface area (Å²) in [4.78, 5) is 0. The zero-order valence-electron chi connectivity index (χ0n) is 18.4. The second kappa shape index (κ2) is 20.0. The Morgan fingerprint density at radius 2 is 1.29 bits per heavy atom. The van der Waals surface area contributed by atoms with Gasteiger partial charge in [-0.05, 0) is 12.8 Å². The summed E-state index contributed by atoms with van der Waals surface area (Å²) in [5, 5.41) is 0. The van der Waals surface area contributed by atoms with Crippen LogP contribution in [0.4, 0.5) is 0 Å². The molecule has 2 rings (SSSR count). The van der Waals surface area contributed by atoms with Gasteiger partial charge in [-0.1, -0.05) is 58.3 Å². The number of halogens is 1. The van der Waals surface area contributed by atoms with Crippen LogP contribution in [-0.2, 0) is 23.6 Å². The van der Waals surface area contributed by atoms with Gasteiger partial charge in [0.05, 0.1) is 27.2 Å². The Kier molecular flexibility index (Phi) is 21.3. The first-order chi connectivity index (χ1) is 12.6. The summed E-state index contributed by atoms with van der Waals surface area (Å²) in [5.41, 5.74) is 1.48. The largest absolute Gasteiger partial charge is 2.00 e. The minimum Gasteiger partial charge on any atom is -1.00 e. The fraction of sp³-hybridized carbons (Fsp3) is 0.600. The number of nitrogens with zero attached hydrogens (tertiary/aromatic N) is 1. The van der Waals surface area contributed by atoms with Crippen molar-refractivity contribution in [2.24, 2.45) is 0 Å². The third-order valence-electron chi connectivity index (χ3n) is 5.01. The van der Waals surface area contributed by atoms with Crippen LogP contribution < -0.4 is 17.0 Å². The fourth-order valence-corrected chi connectivity index (χ4v) is 3.44.